The summed E-state index contributed by atoms with van der Waals surface area (Å²) in [4.78, 5) is 18.0. The largest absolute Gasteiger partial charge is 0.497 e. The highest BCUT2D eigenvalue weighted by molar-refractivity contribution is 5.80. The minimum Gasteiger partial charge on any atom is -0.497 e. The molecule has 0 radical (unpaired) electrons. The number of ether oxygens (including phenoxy) is 1. The third-order valence-corrected chi connectivity index (χ3v) is 6.95. The maximum Gasteiger partial charge on any atom is 0.226 e. The minimum atomic E-state index is 0.0895. The van der Waals surface area contributed by atoms with Crippen molar-refractivity contribution in [3.63, 3.8) is 0 Å². The first-order valence-electron chi connectivity index (χ1n) is 11.3. The van der Waals surface area contributed by atoms with Crippen LogP contribution in [0.3, 0.4) is 0 Å². The van der Waals surface area contributed by atoms with Crippen molar-refractivity contribution in [1.82, 2.24) is 19.6 Å². The van der Waals surface area contributed by atoms with E-state index in [4.69, 9.17) is 4.74 Å². The van der Waals surface area contributed by atoms with E-state index < -0.39 is 0 Å². The van der Waals surface area contributed by atoms with Crippen LogP contribution >= 0.6 is 0 Å². The number of hydrogen-bond donors (Lipinski definition) is 0. The Labute approximate surface area is 185 Å². The van der Waals surface area contributed by atoms with Crippen LogP contribution in [0.1, 0.15) is 36.1 Å². The van der Waals surface area contributed by atoms with Gasteiger partial charge in [0.25, 0.3) is 0 Å². The molecule has 166 valence electrons. The number of likely N-dealkylation sites (tertiary alicyclic amines) is 1. The van der Waals surface area contributed by atoms with Crippen LogP contribution in [-0.4, -0.2) is 52.2 Å². The molecule has 4 rings (SSSR count). The topological polar surface area (TPSA) is 50.6 Å². The highest BCUT2D eigenvalue weighted by Crippen LogP contribution is 2.32. The molecule has 0 unspecified atom stereocenters. The van der Waals surface area contributed by atoms with Crippen LogP contribution in [-0.2, 0) is 24.9 Å². The van der Waals surface area contributed by atoms with Gasteiger partial charge in [-0.25, -0.2) is 0 Å². The molecule has 2 aromatic rings. The number of rotatable bonds is 6. The molecule has 1 fully saturated rings. The number of nitrogens with zero attached hydrogens (tertiary/aromatic N) is 4. The van der Waals surface area contributed by atoms with E-state index in [1.807, 2.05) is 41.0 Å². The van der Waals surface area contributed by atoms with Crippen LogP contribution in [0.4, 0.5) is 0 Å². The molecule has 1 aromatic heterocycles. The summed E-state index contributed by atoms with van der Waals surface area (Å²) < 4.78 is 7.29. The average Bonchev–Trinajstić information content (AvgIpc) is 2.99. The molecule has 0 saturated carbocycles. The number of methoxy groups -OCH3 is 1. The molecule has 1 aromatic carbocycles. The Kier molecular flexibility index (Phi) is 6.76. The van der Waals surface area contributed by atoms with E-state index in [1.54, 1.807) is 7.11 Å². The second-order valence-corrected chi connectivity index (χ2v) is 8.88. The molecule has 2 aliphatic heterocycles. The fourth-order valence-electron chi connectivity index (χ4n) is 4.85. The second kappa shape index (κ2) is 9.69. The lowest BCUT2D eigenvalue weighted by Crippen LogP contribution is -2.42. The van der Waals surface area contributed by atoms with Crippen molar-refractivity contribution >= 4 is 5.91 Å². The van der Waals surface area contributed by atoms with Crippen molar-refractivity contribution in [2.45, 2.75) is 39.3 Å². The van der Waals surface area contributed by atoms with Gasteiger partial charge in [0.15, 0.2) is 0 Å². The summed E-state index contributed by atoms with van der Waals surface area (Å²) in [5.41, 5.74) is 3.65. The Balaban J connectivity index is 1.37. The first-order valence-corrected chi connectivity index (χ1v) is 11.3. The number of hydrogen-bond acceptors (Lipinski definition) is 4. The van der Waals surface area contributed by atoms with Crippen molar-refractivity contribution in [2.75, 3.05) is 26.7 Å². The quantitative estimate of drug-likeness (QED) is 0.668. The summed E-state index contributed by atoms with van der Waals surface area (Å²) in [6.07, 6.45) is 9.36. The average molecular weight is 423 g/mol. The Morgan fingerprint density at radius 2 is 1.97 bits per heavy atom. The van der Waals surface area contributed by atoms with Gasteiger partial charge in [0.1, 0.15) is 5.75 Å². The fourth-order valence-corrected chi connectivity index (χ4v) is 4.85. The lowest BCUT2D eigenvalue weighted by Gasteiger charge is -2.36. The van der Waals surface area contributed by atoms with Crippen LogP contribution in [0.25, 0.3) is 0 Å². The summed E-state index contributed by atoms with van der Waals surface area (Å²) in [7, 11) is 3.67. The zero-order chi connectivity index (χ0) is 21.8. The van der Waals surface area contributed by atoms with Crippen LogP contribution in [0.15, 0.2) is 42.6 Å². The number of aromatic nitrogens is 2. The molecule has 0 N–H and O–H groups in total. The standard InChI is InChI=1S/C25H34N4O2/c1-19-22(16-26-27(19)2)18-28-13-10-21(11-14-28)24-9-4-5-12-29(25(24)30)17-20-7-6-8-23(15-20)31-3/h4-8,15-16,21,24H,9-14,17-18H2,1-3H3/t24-/m0/s1. The van der Waals surface area contributed by atoms with Gasteiger partial charge in [0.2, 0.25) is 5.91 Å². The Morgan fingerprint density at radius 3 is 2.68 bits per heavy atom. The number of carbonyl (C=O) groups is 1. The van der Waals surface area contributed by atoms with Gasteiger partial charge in [-0.05, 0) is 62.9 Å². The van der Waals surface area contributed by atoms with Crippen LogP contribution in [0.5, 0.6) is 5.75 Å². The second-order valence-electron chi connectivity index (χ2n) is 8.88. The monoisotopic (exact) mass is 422 g/mol. The van der Waals surface area contributed by atoms with Gasteiger partial charge >= 0.3 is 0 Å². The molecule has 1 atom stereocenters. The highest BCUT2D eigenvalue weighted by atomic mass is 16.5. The minimum absolute atomic E-state index is 0.0895. The van der Waals surface area contributed by atoms with E-state index >= 15 is 0 Å². The third-order valence-electron chi connectivity index (χ3n) is 6.95. The molecular weight excluding hydrogens is 388 g/mol. The van der Waals surface area contributed by atoms with Gasteiger partial charge in [0.05, 0.1) is 13.3 Å². The van der Waals surface area contributed by atoms with Crippen LogP contribution in [0.2, 0.25) is 0 Å². The van der Waals surface area contributed by atoms with E-state index in [0.29, 0.717) is 24.9 Å². The number of amides is 1. The number of allylic oxidation sites excluding steroid dienone is 1. The van der Waals surface area contributed by atoms with Gasteiger partial charge in [-0.2, -0.15) is 5.10 Å². The molecule has 6 heteroatoms. The smallest absolute Gasteiger partial charge is 0.226 e. The van der Waals surface area contributed by atoms with E-state index in [-0.39, 0.29) is 5.92 Å². The van der Waals surface area contributed by atoms with Crippen LogP contribution < -0.4 is 4.74 Å². The molecule has 6 nitrogen and oxygen atoms in total. The Morgan fingerprint density at radius 1 is 1.16 bits per heavy atom. The highest BCUT2D eigenvalue weighted by Gasteiger charge is 2.34. The zero-order valence-electron chi connectivity index (χ0n) is 19.0. The van der Waals surface area contributed by atoms with Crippen molar-refractivity contribution in [1.29, 1.82) is 0 Å². The molecule has 1 saturated heterocycles. The van der Waals surface area contributed by atoms with E-state index in [0.717, 1.165) is 50.2 Å². The molecule has 31 heavy (non-hydrogen) atoms. The lowest BCUT2D eigenvalue weighted by atomic mass is 9.81. The third kappa shape index (κ3) is 5.01. The van der Waals surface area contributed by atoms with Crippen molar-refractivity contribution in [2.24, 2.45) is 18.9 Å². The van der Waals surface area contributed by atoms with Crippen molar-refractivity contribution < 1.29 is 9.53 Å². The predicted octanol–water partition coefficient (Wildman–Crippen LogP) is 3.55. The normalized spacial score (nSPS) is 20.8. The molecule has 0 aliphatic carbocycles. The molecule has 0 bridgehead atoms. The molecule has 3 heterocycles. The van der Waals surface area contributed by atoms with Gasteiger partial charge in [-0.15, -0.1) is 0 Å². The van der Waals surface area contributed by atoms with E-state index in [1.165, 1.54) is 11.3 Å². The summed E-state index contributed by atoms with van der Waals surface area (Å²) >= 11 is 0. The predicted molar refractivity (Wildman–Crippen MR) is 122 cm³/mol. The fraction of sp³-hybridized carbons (Fsp3) is 0.520. The Bertz CT molecular complexity index is 927. The zero-order valence-corrected chi connectivity index (χ0v) is 19.0. The molecule has 2 aliphatic rings. The Hall–Kier alpha value is -2.60. The summed E-state index contributed by atoms with van der Waals surface area (Å²) in [6.45, 7) is 6.49. The van der Waals surface area contributed by atoms with Crippen molar-refractivity contribution in [3.05, 3.63) is 59.4 Å². The number of aryl methyl sites for hydroxylation is 1. The summed E-state index contributed by atoms with van der Waals surface area (Å²) in [5.74, 6) is 1.68. The van der Waals surface area contributed by atoms with E-state index in [9.17, 15) is 4.79 Å². The molecular formula is C25H34N4O2. The van der Waals surface area contributed by atoms with Gasteiger partial charge in [-0.1, -0.05) is 24.3 Å². The van der Waals surface area contributed by atoms with E-state index in [2.05, 4.69) is 35.1 Å². The number of carbonyl (C=O) groups excluding carboxylic acids is 1. The molecule has 0 spiro atoms. The van der Waals surface area contributed by atoms with Gasteiger partial charge in [0, 0.05) is 43.9 Å². The first-order chi connectivity index (χ1) is 15.0. The maximum absolute atomic E-state index is 13.5. The summed E-state index contributed by atoms with van der Waals surface area (Å²) in [5, 5.41) is 4.37. The maximum atomic E-state index is 13.5. The van der Waals surface area contributed by atoms with Gasteiger partial charge in [-0.3, -0.25) is 14.4 Å². The SMILES string of the molecule is COc1cccc(CN2CC=CC[C@@H](C3CCN(Cc4cnn(C)c4C)CC3)C2=O)c1. The van der Waals surface area contributed by atoms with Gasteiger partial charge < -0.3 is 9.64 Å². The number of benzene rings is 1. The lowest BCUT2D eigenvalue weighted by molar-refractivity contribution is -0.137. The first kappa shape index (κ1) is 21.6. The number of piperidine rings is 1. The van der Waals surface area contributed by atoms with Crippen LogP contribution in [0, 0.1) is 18.8 Å². The summed E-state index contributed by atoms with van der Waals surface area (Å²) in [6, 6.07) is 8.02. The van der Waals surface area contributed by atoms with Crippen molar-refractivity contribution in [3.8, 4) is 5.75 Å². The molecule has 1 amide bonds.